The Morgan fingerprint density at radius 1 is 1.12 bits per heavy atom. The molecular formula is C25H28N4O3. The Hall–Kier alpha value is -3.29. The Morgan fingerprint density at radius 3 is 2.84 bits per heavy atom. The number of fused-ring (bicyclic) bond motifs is 2. The molecule has 0 atom stereocenters. The van der Waals surface area contributed by atoms with Crippen LogP contribution in [-0.2, 0) is 22.5 Å². The number of ether oxygens (including phenoxy) is 2. The van der Waals surface area contributed by atoms with Crippen molar-refractivity contribution in [1.29, 1.82) is 0 Å². The predicted molar refractivity (Wildman–Crippen MR) is 126 cm³/mol. The third-order valence-corrected chi connectivity index (χ3v) is 6.14. The standard InChI is InChI=1S/C25H28N4O3/c1-31-21-3-4-23-22(16-21)19(17-26-23)15-25(30)27-20-2-5-24-18(14-20)6-7-29(24)9-8-28-10-12-32-13-11-28/h2-7,14,16-17,26H,8-13,15H2,1H3,(H,27,30). The average molecular weight is 433 g/mol. The molecular weight excluding hydrogens is 404 g/mol. The third kappa shape index (κ3) is 4.35. The quantitative estimate of drug-likeness (QED) is 0.468. The number of carbonyl (C=O) groups is 1. The first kappa shape index (κ1) is 20.6. The van der Waals surface area contributed by atoms with Crippen LogP contribution < -0.4 is 10.1 Å². The fourth-order valence-electron chi connectivity index (χ4n) is 4.36. The zero-order chi connectivity index (χ0) is 21.9. The highest BCUT2D eigenvalue weighted by atomic mass is 16.5. The minimum atomic E-state index is -0.0418. The molecule has 3 heterocycles. The van der Waals surface area contributed by atoms with E-state index in [0.717, 1.165) is 72.7 Å². The number of nitrogens with zero attached hydrogens (tertiary/aromatic N) is 2. The van der Waals surface area contributed by atoms with E-state index in [0.29, 0.717) is 6.42 Å². The lowest BCUT2D eigenvalue weighted by Crippen LogP contribution is -2.38. The van der Waals surface area contributed by atoms with Gasteiger partial charge in [0, 0.05) is 66.1 Å². The van der Waals surface area contributed by atoms with Crippen molar-refractivity contribution in [2.75, 3.05) is 45.3 Å². The van der Waals surface area contributed by atoms with Crippen molar-refractivity contribution < 1.29 is 14.3 Å². The number of morpholine rings is 1. The van der Waals surface area contributed by atoms with Gasteiger partial charge in [0.2, 0.25) is 5.91 Å². The third-order valence-electron chi connectivity index (χ3n) is 6.14. The van der Waals surface area contributed by atoms with Gasteiger partial charge in [-0.1, -0.05) is 0 Å². The van der Waals surface area contributed by atoms with Gasteiger partial charge in [0.15, 0.2) is 0 Å². The number of hydrogen-bond donors (Lipinski definition) is 2. The number of benzene rings is 2. The maximum atomic E-state index is 12.7. The molecule has 1 fully saturated rings. The van der Waals surface area contributed by atoms with Crippen LogP contribution in [0.3, 0.4) is 0 Å². The van der Waals surface area contributed by atoms with E-state index in [1.54, 1.807) is 7.11 Å². The van der Waals surface area contributed by atoms with Gasteiger partial charge < -0.3 is 24.3 Å². The molecule has 0 radical (unpaired) electrons. The molecule has 0 unspecified atom stereocenters. The number of aromatic nitrogens is 2. The second-order valence-electron chi connectivity index (χ2n) is 8.19. The van der Waals surface area contributed by atoms with Crippen molar-refractivity contribution in [3.63, 3.8) is 0 Å². The van der Waals surface area contributed by atoms with Crippen LogP contribution in [0.2, 0.25) is 0 Å². The number of H-pyrrole nitrogens is 1. The molecule has 1 aliphatic rings. The van der Waals surface area contributed by atoms with Crippen LogP contribution in [-0.4, -0.2) is 60.3 Å². The lowest BCUT2D eigenvalue weighted by atomic mass is 10.1. The second kappa shape index (κ2) is 9.06. The molecule has 0 aliphatic carbocycles. The van der Waals surface area contributed by atoms with Crippen LogP contribution in [0.15, 0.2) is 54.9 Å². The molecule has 2 N–H and O–H groups in total. The first-order chi connectivity index (χ1) is 15.7. The monoisotopic (exact) mass is 432 g/mol. The summed E-state index contributed by atoms with van der Waals surface area (Å²) in [7, 11) is 1.65. The van der Waals surface area contributed by atoms with Crippen molar-refractivity contribution in [3.05, 3.63) is 60.4 Å². The van der Waals surface area contributed by atoms with Gasteiger partial charge in [-0.2, -0.15) is 0 Å². The smallest absolute Gasteiger partial charge is 0.228 e. The number of aromatic amines is 1. The van der Waals surface area contributed by atoms with E-state index in [1.165, 1.54) is 5.52 Å². The van der Waals surface area contributed by atoms with Crippen LogP contribution in [0.1, 0.15) is 5.56 Å². The predicted octanol–water partition coefficient (Wildman–Crippen LogP) is 3.64. The van der Waals surface area contributed by atoms with E-state index in [9.17, 15) is 4.79 Å². The van der Waals surface area contributed by atoms with E-state index in [1.807, 2.05) is 36.5 Å². The second-order valence-corrected chi connectivity index (χ2v) is 8.19. The summed E-state index contributed by atoms with van der Waals surface area (Å²) in [5.74, 6) is 0.738. The van der Waals surface area contributed by atoms with Gasteiger partial charge >= 0.3 is 0 Å². The molecule has 2 aromatic carbocycles. The van der Waals surface area contributed by atoms with Gasteiger partial charge in [-0.3, -0.25) is 9.69 Å². The molecule has 1 aliphatic heterocycles. The zero-order valence-electron chi connectivity index (χ0n) is 18.3. The average Bonchev–Trinajstić information content (AvgIpc) is 3.41. The minimum Gasteiger partial charge on any atom is -0.497 e. The van der Waals surface area contributed by atoms with Crippen LogP contribution in [0.25, 0.3) is 21.8 Å². The molecule has 4 aromatic rings. The first-order valence-corrected chi connectivity index (χ1v) is 11.0. The number of amides is 1. The topological polar surface area (TPSA) is 71.5 Å². The van der Waals surface area contributed by atoms with Crippen molar-refractivity contribution in [2.45, 2.75) is 13.0 Å². The Kier molecular flexibility index (Phi) is 5.83. The number of rotatable bonds is 7. The number of carbonyl (C=O) groups excluding carboxylic acids is 1. The summed E-state index contributed by atoms with van der Waals surface area (Å²) in [6.45, 7) is 5.60. The van der Waals surface area contributed by atoms with E-state index in [4.69, 9.17) is 9.47 Å². The van der Waals surface area contributed by atoms with Gasteiger partial charge in [0.25, 0.3) is 0 Å². The molecule has 166 valence electrons. The van der Waals surface area contributed by atoms with E-state index >= 15 is 0 Å². The molecule has 1 saturated heterocycles. The van der Waals surface area contributed by atoms with Crippen molar-refractivity contribution in [3.8, 4) is 5.75 Å². The molecule has 2 aromatic heterocycles. The lowest BCUT2D eigenvalue weighted by Gasteiger charge is -2.26. The van der Waals surface area contributed by atoms with Gasteiger partial charge in [-0.15, -0.1) is 0 Å². The molecule has 1 amide bonds. The molecule has 5 rings (SSSR count). The van der Waals surface area contributed by atoms with Crippen LogP contribution in [0, 0.1) is 0 Å². The fraction of sp³-hybridized carbons (Fsp3) is 0.320. The van der Waals surface area contributed by atoms with Gasteiger partial charge in [0.1, 0.15) is 5.75 Å². The molecule has 0 bridgehead atoms. The summed E-state index contributed by atoms with van der Waals surface area (Å²) in [5, 5.41) is 5.18. The Labute approximate surface area is 186 Å². The Balaban J connectivity index is 1.24. The SMILES string of the molecule is COc1ccc2[nH]cc(CC(=O)Nc3ccc4c(ccn4CCN4CCOCC4)c3)c2c1. The summed E-state index contributed by atoms with van der Waals surface area (Å²) in [6, 6.07) is 14.0. The summed E-state index contributed by atoms with van der Waals surface area (Å²) in [6.07, 6.45) is 4.31. The van der Waals surface area contributed by atoms with Crippen molar-refractivity contribution >= 4 is 33.4 Å². The summed E-state index contributed by atoms with van der Waals surface area (Å²) < 4.78 is 13.0. The summed E-state index contributed by atoms with van der Waals surface area (Å²) in [4.78, 5) is 18.4. The maximum absolute atomic E-state index is 12.7. The van der Waals surface area contributed by atoms with Gasteiger partial charge in [-0.05, 0) is 48.0 Å². The summed E-state index contributed by atoms with van der Waals surface area (Å²) in [5.41, 5.74) is 3.94. The van der Waals surface area contributed by atoms with Crippen molar-refractivity contribution in [2.24, 2.45) is 0 Å². The molecule has 0 saturated carbocycles. The molecule has 7 heteroatoms. The Morgan fingerprint density at radius 2 is 2.00 bits per heavy atom. The molecule has 0 spiro atoms. The van der Waals surface area contributed by atoms with Gasteiger partial charge in [-0.25, -0.2) is 0 Å². The number of anilines is 1. The van der Waals surface area contributed by atoms with Crippen LogP contribution in [0.5, 0.6) is 5.75 Å². The van der Waals surface area contributed by atoms with Gasteiger partial charge in [0.05, 0.1) is 26.7 Å². The highest BCUT2D eigenvalue weighted by Crippen LogP contribution is 2.25. The van der Waals surface area contributed by atoms with E-state index < -0.39 is 0 Å². The number of nitrogens with one attached hydrogen (secondary N) is 2. The normalized spacial score (nSPS) is 14.8. The zero-order valence-corrected chi connectivity index (χ0v) is 18.3. The highest BCUT2D eigenvalue weighted by Gasteiger charge is 2.12. The van der Waals surface area contributed by atoms with Crippen molar-refractivity contribution in [1.82, 2.24) is 14.5 Å². The minimum absolute atomic E-state index is 0.0418. The maximum Gasteiger partial charge on any atom is 0.228 e. The van der Waals surface area contributed by atoms with E-state index in [2.05, 4.69) is 38.1 Å². The van der Waals surface area contributed by atoms with Crippen LogP contribution >= 0.6 is 0 Å². The molecule has 32 heavy (non-hydrogen) atoms. The largest absolute Gasteiger partial charge is 0.497 e. The van der Waals surface area contributed by atoms with E-state index in [-0.39, 0.29) is 5.91 Å². The lowest BCUT2D eigenvalue weighted by molar-refractivity contribution is -0.115. The highest BCUT2D eigenvalue weighted by molar-refractivity contribution is 5.97. The Bertz CT molecular complexity index is 1240. The first-order valence-electron chi connectivity index (χ1n) is 11.0. The fourth-order valence-corrected chi connectivity index (χ4v) is 4.36. The molecule has 7 nitrogen and oxygen atoms in total. The number of hydrogen-bond acceptors (Lipinski definition) is 4. The van der Waals surface area contributed by atoms with Crippen LogP contribution in [0.4, 0.5) is 5.69 Å². The summed E-state index contributed by atoms with van der Waals surface area (Å²) >= 11 is 0. The number of methoxy groups -OCH3 is 1.